The molecule has 4 heterocycles. The topological polar surface area (TPSA) is 90.9 Å². The molecule has 0 amide bonds. The maximum atomic E-state index is 12.7. The highest BCUT2D eigenvalue weighted by atomic mass is 32.1. The molecule has 4 aromatic rings. The van der Waals surface area contributed by atoms with Crippen LogP contribution in [0.15, 0.2) is 41.5 Å². The van der Waals surface area contributed by atoms with E-state index in [0.717, 1.165) is 45.2 Å². The molecule has 8 nitrogen and oxygen atoms in total. The van der Waals surface area contributed by atoms with Crippen molar-refractivity contribution >= 4 is 38.4 Å². The Hall–Kier alpha value is -3.35. The molecule has 5 rings (SSSR count). The summed E-state index contributed by atoms with van der Waals surface area (Å²) in [6.07, 6.45) is 3.69. The fourth-order valence-corrected chi connectivity index (χ4v) is 5.92. The summed E-state index contributed by atoms with van der Waals surface area (Å²) in [4.78, 5) is 32.0. The first kappa shape index (κ1) is 22.4. The Balaban J connectivity index is 1.45. The van der Waals surface area contributed by atoms with Crippen molar-refractivity contribution in [1.29, 1.82) is 5.26 Å². The van der Waals surface area contributed by atoms with Crippen LogP contribution in [0.3, 0.4) is 0 Å². The summed E-state index contributed by atoms with van der Waals surface area (Å²) in [5, 5.41) is 9.86. The van der Waals surface area contributed by atoms with Crippen LogP contribution >= 0.6 is 11.3 Å². The van der Waals surface area contributed by atoms with Gasteiger partial charge in [-0.3, -0.25) is 19.7 Å². The van der Waals surface area contributed by atoms with Crippen LogP contribution in [0.25, 0.3) is 21.4 Å². The summed E-state index contributed by atoms with van der Waals surface area (Å²) in [7, 11) is 1.77. The first-order valence-electron chi connectivity index (χ1n) is 11.5. The number of piperazine rings is 1. The van der Waals surface area contributed by atoms with Gasteiger partial charge >= 0.3 is 0 Å². The molecule has 3 atom stereocenters. The van der Waals surface area contributed by atoms with Gasteiger partial charge in [-0.2, -0.15) is 5.26 Å². The van der Waals surface area contributed by atoms with E-state index in [0.29, 0.717) is 0 Å². The van der Waals surface area contributed by atoms with Gasteiger partial charge in [0, 0.05) is 56.7 Å². The van der Waals surface area contributed by atoms with Gasteiger partial charge in [0.05, 0.1) is 29.2 Å². The lowest BCUT2D eigenvalue weighted by Crippen LogP contribution is -2.57. The molecule has 1 unspecified atom stereocenters. The normalized spacial score (nSPS) is 20.0. The molecular formula is C25H27N7OS. The zero-order chi connectivity index (χ0) is 24.0. The largest absolute Gasteiger partial charge is 0.364 e. The van der Waals surface area contributed by atoms with E-state index in [4.69, 9.17) is 10.2 Å². The van der Waals surface area contributed by atoms with Crippen molar-refractivity contribution in [2.45, 2.75) is 45.3 Å². The molecule has 174 valence electrons. The van der Waals surface area contributed by atoms with Crippen LogP contribution in [0.2, 0.25) is 0 Å². The van der Waals surface area contributed by atoms with Gasteiger partial charge in [0.25, 0.3) is 5.56 Å². The van der Waals surface area contributed by atoms with Crippen LogP contribution in [-0.2, 0) is 13.5 Å². The lowest BCUT2D eigenvalue weighted by Gasteiger charge is -2.47. The standard InChI is InChI=1S/C25H27N7OS/c1-15-14-32(21-12-23(33)30(4)25-24(21)29-22(34-25)7-8-26)16(2)13-31(15)17(3)18-5-6-19-20(11-18)28-10-9-27-19/h5-6,9-12,15-17H,7,13-14H2,1-4H3/t15-,16+,17?/m1/s1. The first-order chi connectivity index (χ1) is 16.4. The molecule has 3 aromatic heterocycles. The Morgan fingerprint density at radius 3 is 2.68 bits per heavy atom. The number of nitriles is 1. The molecule has 1 aliphatic rings. The quantitative estimate of drug-likeness (QED) is 0.447. The summed E-state index contributed by atoms with van der Waals surface area (Å²) in [6.45, 7) is 8.31. The molecule has 0 spiro atoms. The van der Waals surface area contributed by atoms with Gasteiger partial charge in [-0.1, -0.05) is 17.4 Å². The van der Waals surface area contributed by atoms with Gasteiger partial charge in [0.1, 0.15) is 15.4 Å². The minimum absolute atomic E-state index is 0.0532. The van der Waals surface area contributed by atoms with Gasteiger partial charge in [-0.15, -0.1) is 0 Å². The van der Waals surface area contributed by atoms with Crippen molar-refractivity contribution in [3.05, 3.63) is 57.6 Å². The van der Waals surface area contributed by atoms with Crippen molar-refractivity contribution in [1.82, 2.24) is 24.4 Å². The zero-order valence-corrected chi connectivity index (χ0v) is 20.6. The van der Waals surface area contributed by atoms with Crippen LogP contribution in [0.4, 0.5) is 5.69 Å². The van der Waals surface area contributed by atoms with E-state index in [1.54, 1.807) is 30.1 Å². The molecule has 34 heavy (non-hydrogen) atoms. The summed E-state index contributed by atoms with van der Waals surface area (Å²) in [5.41, 5.74) is 4.65. The highest BCUT2D eigenvalue weighted by Crippen LogP contribution is 2.34. The second-order valence-corrected chi connectivity index (χ2v) is 10.1. The molecule has 1 aliphatic heterocycles. The Morgan fingerprint density at radius 1 is 1.15 bits per heavy atom. The lowest BCUT2D eigenvalue weighted by molar-refractivity contribution is 0.119. The number of pyridine rings is 1. The van der Waals surface area contributed by atoms with Crippen LogP contribution in [0, 0.1) is 11.3 Å². The number of fused-ring (bicyclic) bond motifs is 2. The number of thiazole rings is 1. The third-order valence-corrected chi connectivity index (χ3v) is 7.97. The summed E-state index contributed by atoms with van der Waals surface area (Å²) < 4.78 is 1.63. The SMILES string of the molecule is CC(c1ccc2nccnc2c1)N1C[C@H](C)N(c2cc(=O)n(C)c3sc(CC#N)nc23)C[C@H]1C. The number of anilines is 1. The maximum Gasteiger partial charge on any atom is 0.253 e. The minimum Gasteiger partial charge on any atom is -0.364 e. The van der Waals surface area contributed by atoms with Crippen LogP contribution in [-0.4, -0.2) is 49.6 Å². The van der Waals surface area contributed by atoms with E-state index >= 15 is 0 Å². The Morgan fingerprint density at radius 2 is 1.91 bits per heavy atom. The first-order valence-corrected chi connectivity index (χ1v) is 12.3. The lowest BCUT2D eigenvalue weighted by atomic mass is 10.00. The molecule has 0 aliphatic carbocycles. The number of aryl methyl sites for hydroxylation is 1. The van der Waals surface area contributed by atoms with E-state index in [9.17, 15) is 4.79 Å². The van der Waals surface area contributed by atoms with Gasteiger partial charge in [0.15, 0.2) is 0 Å². The fraction of sp³-hybridized carbons (Fsp3) is 0.400. The molecule has 1 saturated heterocycles. The van der Waals surface area contributed by atoms with Crippen molar-refractivity contribution < 1.29 is 0 Å². The molecule has 9 heteroatoms. The Labute approximate surface area is 202 Å². The molecule has 1 aromatic carbocycles. The predicted octanol–water partition coefficient (Wildman–Crippen LogP) is 3.66. The van der Waals surface area contributed by atoms with Gasteiger partial charge in [-0.25, -0.2) is 4.98 Å². The second kappa shape index (κ2) is 8.78. The number of hydrogen-bond donors (Lipinski definition) is 0. The monoisotopic (exact) mass is 473 g/mol. The maximum absolute atomic E-state index is 12.7. The van der Waals surface area contributed by atoms with Crippen LogP contribution < -0.4 is 10.5 Å². The molecule has 1 fully saturated rings. The number of rotatable bonds is 4. The molecular weight excluding hydrogens is 446 g/mol. The molecule has 0 radical (unpaired) electrons. The minimum atomic E-state index is -0.0532. The fourth-order valence-electron chi connectivity index (χ4n) is 4.95. The van der Waals surface area contributed by atoms with E-state index in [-0.39, 0.29) is 30.1 Å². The number of nitrogens with zero attached hydrogens (tertiary/aromatic N) is 7. The van der Waals surface area contributed by atoms with Crippen molar-refractivity contribution in [2.24, 2.45) is 7.05 Å². The van der Waals surface area contributed by atoms with Crippen molar-refractivity contribution in [2.75, 3.05) is 18.0 Å². The smallest absolute Gasteiger partial charge is 0.253 e. The van der Waals surface area contributed by atoms with Crippen molar-refractivity contribution in [3.8, 4) is 6.07 Å². The average Bonchev–Trinajstić information content (AvgIpc) is 3.26. The third-order valence-electron chi connectivity index (χ3n) is 6.84. The van der Waals surface area contributed by atoms with Crippen LogP contribution in [0.1, 0.15) is 37.4 Å². The molecule has 0 saturated carbocycles. The summed E-state index contributed by atoms with van der Waals surface area (Å²) >= 11 is 1.43. The molecule has 0 bridgehead atoms. The Bertz CT molecular complexity index is 1470. The van der Waals surface area contributed by atoms with E-state index < -0.39 is 0 Å². The number of benzene rings is 1. The van der Waals surface area contributed by atoms with Gasteiger partial charge < -0.3 is 9.47 Å². The average molecular weight is 474 g/mol. The third kappa shape index (κ3) is 3.83. The molecule has 0 N–H and O–H groups in total. The Kier molecular flexibility index (Phi) is 5.80. The zero-order valence-electron chi connectivity index (χ0n) is 19.8. The highest BCUT2D eigenvalue weighted by Gasteiger charge is 2.34. The van der Waals surface area contributed by atoms with E-state index in [1.807, 2.05) is 6.07 Å². The summed E-state index contributed by atoms with van der Waals surface area (Å²) in [5.74, 6) is 0. The predicted molar refractivity (Wildman–Crippen MR) is 135 cm³/mol. The number of hydrogen-bond acceptors (Lipinski definition) is 8. The second-order valence-electron chi connectivity index (χ2n) is 9.05. The van der Waals surface area contributed by atoms with E-state index in [1.165, 1.54) is 16.9 Å². The number of aromatic nitrogens is 4. The van der Waals surface area contributed by atoms with Crippen molar-refractivity contribution in [3.63, 3.8) is 0 Å². The van der Waals surface area contributed by atoms with Gasteiger partial charge in [0.2, 0.25) is 0 Å². The van der Waals surface area contributed by atoms with Gasteiger partial charge in [-0.05, 0) is 38.5 Å². The van der Waals surface area contributed by atoms with Crippen LogP contribution in [0.5, 0.6) is 0 Å². The van der Waals surface area contributed by atoms with E-state index in [2.05, 4.69) is 58.7 Å². The highest BCUT2D eigenvalue weighted by molar-refractivity contribution is 7.18. The summed E-state index contributed by atoms with van der Waals surface area (Å²) in [6, 6.07) is 10.9.